The smallest absolute Gasteiger partial charge is 0.238 e. The van der Waals surface area contributed by atoms with Crippen LogP contribution in [0.1, 0.15) is 32.4 Å². The predicted octanol–water partition coefficient (Wildman–Crippen LogP) is 3.69. The second-order valence-electron chi connectivity index (χ2n) is 6.68. The maximum absolute atomic E-state index is 12.6. The van der Waals surface area contributed by atoms with Crippen molar-refractivity contribution >= 4 is 23.5 Å². The Balaban J connectivity index is 1.73. The van der Waals surface area contributed by atoms with Gasteiger partial charge in [-0.2, -0.15) is 5.10 Å². The van der Waals surface area contributed by atoms with E-state index in [4.69, 9.17) is 0 Å². The number of benzene rings is 1. The van der Waals surface area contributed by atoms with Crippen LogP contribution >= 0.6 is 11.8 Å². The lowest BCUT2D eigenvalue weighted by Crippen LogP contribution is -2.25. The van der Waals surface area contributed by atoms with Gasteiger partial charge in [-0.1, -0.05) is 36.0 Å². The van der Waals surface area contributed by atoms with Gasteiger partial charge in [-0.05, 0) is 33.3 Å². The number of hydrogen-bond acceptors (Lipinski definition) is 5. The molecule has 1 aromatic carbocycles. The summed E-state index contributed by atoms with van der Waals surface area (Å²) in [4.78, 5) is 12.6. The van der Waals surface area contributed by atoms with Crippen LogP contribution in [0.25, 0.3) is 11.4 Å². The van der Waals surface area contributed by atoms with Crippen LogP contribution in [0, 0.1) is 6.92 Å². The number of nitrogens with zero attached hydrogens (tertiary/aromatic N) is 5. The zero-order valence-corrected chi connectivity index (χ0v) is 17.0. The van der Waals surface area contributed by atoms with Crippen LogP contribution in [-0.4, -0.2) is 35.7 Å². The molecule has 0 bridgehead atoms. The summed E-state index contributed by atoms with van der Waals surface area (Å²) in [5.74, 6) is 1.39. The minimum Gasteiger partial charge on any atom is -0.310 e. The van der Waals surface area contributed by atoms with Gasteiger partial charge in [0.25, 0.3) is 0 Å². The average molecular weight is 385 g/mol. The first-order valence-electron chi connectivity index (χ1n) is 8.85. The van der Waals surface area contributed by atoms with Gasteiger partial charge in [0.05, 0.1) is 11.4 Å². The molecule has 0 aliphatic heterocycles. The molecule has 1 N–H and O–H groups in total. The molecule has 0 saturated heterocycles. The molecule has 0 unspecified atom stereocenters. The maximum Gasteiger partial charge on any atom is 0.238 e. The molecule has 0 aliphatic carbocycles. The first-order chi connectivity index (χ1) is 12.9. The molecule has 27 heavy (non-hydrogen) atoms. The Morgan fingerprint density at radius 2 is 1.89 bits per heavy atom. The highest BCUT2D eigenvalue weighted by Crippen LogP contribution is 2.27. The first kappa shape index (κ1) is 19.2. The van der Waals surface area contributed by atoms with Crippen LogP contribution in [0.15, 0.2) is 41.7 Å². The zero-order chi connectivity index (χ0) is 19.6. The molecule has 0 spiro atoms. The molecule has 2 heterocycles. The number of amides is 1. The topological polar surface area (TPSA) is 77.6 Å². The molecular weight excluding hydrogens is 360 g/mol. The summed E-state index contributed by atoms with van der Waals surface area (Å²) >= 11 is 1.38. The monoisotopic (exact) mass is 384 g/mol. The van der Waals surface area contributed by atoms with E-state index in [1.165, 1.54) is 11.8 Å². The largest absolute Gasteiger partial charge is 0.310 e. The molecule has 3 aromatic rings. The molecule has 0 aliphatic rings. The number of aromatic nitrogens is 5. The van der Waals surface area contributed by atoms with Gasteiger partial charge in [0.1, 0.15) is 5.82 Å². The zero-order valence-electron chi connectivity index (χ0n) is 16.2. The molecule has 8 heteroatoms. The Kier molecular flexibility index (Phi) is 5.65. The van der Waals surface area contributed by atoms with Crippen LogP contribution < -0.4 is 5.32 Å². The van der Waals surface area contributed by atoms with Gasteiger partial charge >= 0.3 is 0 Å². The summed E-state index contributed by atoms with van der Waals surface area (Å²) in [6, 6.07) is 10.0. The van der Waals surface area contributed by atoms with Crippen molar-refractivity contribution in [3.8, 4) is 11.4 Å². The van der Waals surface area contributed by atoms with Crippen molar-refractivity contribution in [1.82, 2.24) is 24.5 Å². The number of nitrogens with one attached hydrogen (secondary N) is 1. The molecule has 0 radical (unpaired) electrons. The van der Waals surface area contributed by atoms with Gasteiger partial charge in [-0.15, -0.1) is 10.2 Å². The summed E-state index contributed by atoms with van der Waals surface area (Å²) in [7, 11) is 1.92. The molecule has 1 amide bonds. The van der Waals surface area contributed by atoms with Crippen molar-refractivity contribution < 1.29 is 4.79 Å². The molecular formula is C19H24N6OS. The highest BCUT2D eigenvalue weighted by molar-refractivity contribution is 8.00. The van der Waals surface area contributed by atoms with E-state index in [1.807, 2.05) is 63.6 Å². The van der Waals surface area contributed by atoms with E-state index >= 15 is 0 Å². The highest BCUT2D eigenvalue weighted by Gasteiger charge is 2.21. The van der Waals surface area contributed by atoms with Gasteiger partial charge in [0.15, 0.2) is 11.0 Å². The van der Waals surface area contributed by atoms with Crippen molar-refractivity contribution in [3.05, 3.63) is 42.1 Å². The fraction of sp³-hybridized carbons (Fsp3) is 0.368. The summed E-state index contributed by atoms with van der Waals surface area (Å²) < 4.78 is 3.71. The number of rotatable bonds is 6. The fourth-order valence-corrected chi connectivity index (χ4v) is 3.55. The first-order valence-corrected chi connectivity index (χ1v) is 9.73. The minimum absolute atomic E-state index is 0.0946. The van der Waals surface area contributed by atoms with Crippen molar-refractivity contribution in [2.24, 2.45) is 7.05 Å². The highest BCUT2D eigenvalue weighted by atomic mass is 32.2. The molecule has 1 atom stereocenters. The van der Waals surface area contributed by atoms with Gasteiger partial charge in [-0.25, -0.2) is 4.68 Å². The number of carbonyl (C=O) groups is 1. The predicted molar refractivity (Wildman–Crippen MR) is 108 cm³/mol. The van der Waals surface area contributed by atoms with E-state index in [0.717, 1.165) is 17.0 Å². The van der Waals surface area contributed by atoms with E-state index in [9.17, 15) is 4.79 Å². The normalized spacial score (nSPS) is 12.4. The van der Waals surface area contributed by atoms with Crippen LogP contribution in [0.2, 0.25) is 0 Å². The van der Waals surface area contributed by atoms with Gasteiger partial charge in [-0.3, -0.25) is 4.79 Å². The Morgan fingerprint density at radius 1 is 1.15 bits per heavy atom. The molecule has 0 saturated carbocycles. The van der Waals surface area contributed by atoms with Crippen molar-refractivity contribution in [3.63, 3.8) is 0 Å². The lowest BCUT2D eigenvalue weighted by Gasteiger charge is -2.14. The number of aryl methyl sites for hydroxylation is 1. The summed E-state index contributed by atoms with van der Waals surface area (Å²) in [6.07, 6.45) is 1.69. The van der Waals surface area contributed by atoms with Crippen LogP contribution in [0.3, 0.4) is 0 Å². The number of hydrogen-bond donors (Lipinski definition) is 1. The molecule has 3 rings (SSSR count). The van der Waals surface area contributed by atoms with Gasteiger partial charge in [0, 0.05) is 24.7 Å². The van der Waals surface area contributed by atoms with E-state index in [1.54, 1.807) is 16.9 Å². The quantitative estimate of drug-likeness (QED) is 0.656. The lowest BCUT2D eigenvalue weighted by atomic mass is 10.1. The molecule has 2 aromatic heterocycles. The summed E-state index contributed by atoms with van der Waals surface area (Å²) in [6.45, 7) is 7.95. The van der Waals surface area contributed by atoms with Crippen LogP contribution in [-0.2, 0) is 11.8 Å². The second-order valence-corrected chi connectivity index (χ2v) is 7.99. The lowest BCUT2D eigenvalue weighted by molar-refractivity contribution is -0.115. The molecule has 7 nitrogen and oxygen atoms in total. The Bertz CT molecular complexity index is 945. The third-order valence-electron chi connectivity index (χ3n) is 4.28. The Labute approximate surface area is 163 Å². The van der Waals surface area contributed by atoms with E-state index < -0.39 is 0 Å². The van der Waals surface area contributed by atoms with Crippen molar-refractivity contribution in [1.29, 1.82) is 0 Å². The number of carbonyl (C=O) groups excluding carboxylic acids is 1. The molecule has 142 valence electrons. The van der Waals surface area contributed by atoms with Crippen molar-refractivity contribution in [2.45, 2.75) is 44.1 Å². The maximum atomic E-state index is 12.6. The standard InChI is InChI=1S/C19H24N6OS/c1-12(2)25-16(10-11-20-25)21-18(26)14(4)27-19-23-22-17(24(19)5)15-9-7-6-8-13(15)3/h6-12,14H,1-5H3,(H,21,26)/t14-/m0/s1. The minimum atomic E-state index is -0.326. The summed E-state index contributed by atoms with van der Waals surface area (Å²) in [5.41, 5.74) is 2.18. The Morgan fingerprint density at radius 3 is 2.59 bits per heavy atom. The van der Waals surface area contributed by atoms with E-state index in [-0.39, 0.29) is 17.2 Å². The third-order valence-corrected chi connectivity index (χ3v) is 5.42. The average Bonchev–Trinajstić information content (AvgIpc) is 3.23. The number of anilines is 1. The summed E-state index contributed by atoms with van der Waals surface area (Å²) in [5, 5.41) is 16.2. The van der Waals surface area contributed by atoms with E-state index in [0.29, 0.717) is 11.0 Å². The third kappa shape index (κ3) is 4.05. The number of thioether (sulfide) groups is 1. The van der Waals surface area contributed by atoms with E-state index in [2.05, 4.69) is 20.6 Å². The van der Waals surface area contributed by atoms with Crippen molar-refractivity contribution in [2.75, 3.05) is 5.32 Å². The Hall–Kier alpha value is -2.61. The van der Waals surface area contributed by atoms with Crippen LogP contribution in [0.4, 0.5) is 5.82 Å². The fourth-order valence-electron chi connectivity index (χ4n) is 2.74. The SMILES string of the molecule is Cc1ccccc1-c1nnc(S[C@@H](C)C(=O)Nc2ccnn2C(C)C)n1C. The van der Waals surface area contributed by atoms with Gasteiger partial charge in [0.2, 0.25) is 5.91 Å². The van der Waals surface area contributed by atoms with Crippen LogP contribution in [0.5, 0.6) is 0 Å². The molecule has 0 fully saturated rings. The van der Waals surface area contributed by atoms with Gasteiger partial charge < -0.3 is 9.88 Å². The second kappa shape index (κ2) is 7.96.